The first kappa shape index (κ1) is 21.3. The maximum absolute atomic E-state index is 13.2. The van der Waals surface area contributed by atoms with Crippen LogP contribution in [0.15, 0.2) is 42.5 Å². The molecule has 0 saturated carbocycles. The number of carbonyl (C=O) groups excluding carboxylic acids is 1. The molecule has 4 rings (SSSR count). The molecule has 1 atom stereocenters. The molecule has 2 heterocycles. The van der Waals surface area contributed by atoms with Gasteiger partial charge in [0.2, 0.25) is 5.91 Å². The van der Waals surface area contributed by atoms with Gasteiger partial charge < -0.3 is 9.64 Å². The number of benzene rings is 2. The fourth-order valence-corrected chi connectivity index (χ4v) is 4.44. The highest BCUT2D eigenvalue weighted by molar-refractivity contribution is 7.71. The van der Waals surface area contributed by atoms with Crippen molar-refractivity contribution in [3.8, 4) is 17.1 Å². The standard InChI is InChI=1S/C24H28N4O2S/c1-16-6-7-19(15-17(16)2)21-5-4-13-27(21)22(29)12-14-28-23(25-26-24(28)31)18-8-10-20(30-3)11-9-18/h6-11,15,21H,4-5,12-14H2,1-3H3,(H,26,31). The molecule has 3 aromatic rings. The summed E-state index contributed by atoms with van der Waals surface area (Å²) in [6, 6.07) is 14.4. The number of amides is 1. The van der Waals surface area contributed by atoms with Crippen molar-refractivity contribution in [1.29, 1.82) is 0 Å². The van der Waals surface area contributed by atoms with Gasteiger partial charge in [-0.25, -0.2) is 0 Å². The maximum atomic E-state index is 13.2. The topological polar surface area (TPSA) is 63.1 Å². The predicted molar refractivity (Wildman–Crippen MR) is 124 cm³/mol. The highest BCUT2D eigenvalue weighted by atomic mass is 32.1. The number of rotatable bonds is 6. The number of aromatic nitrogens is 3. The van der Waals surface area contributed by atoms with E-state index in [1.165, 1.54) is 16.7 Å². The average molecular weight is 437 g/mol. The van der Waals surface area contributed by atoms with E-state index >= 15 is 0 Å². The number of likely N-dealkylation sites (tertiary alicyclic amines) is 1. The lowest BCUT2D eigenvalue weighted by atomic mass is 9.99. The van der Waals surface area contributed by atoms with Crippen LogP contribution in [0.3, 0.4) is 0 Å². The largest absolute Gasteiger partial charge is 0.497 e. The minimum atomic E-state index is 0.157. The molecule has 162 valence electrons. The number of H-pyrrole nitrogens is 1. The number of hydrogen-bond donors (Lipinski definition) is 1. The van der Waals surface area contributed by atoms with Gasteiger partial charge in [-0.05, 0) is 79.9 Å². The average Bonchev–Trinajstić information content (AvgIpc) is 3.41. The smallest absolute Gasteiger partial charge is 0.224 e. The first-order valence-electron chi connectivity index (χ1n) is 10.6. The Kier molecular flexibility index (Phi) is 6.23. The van der Waals surface area contributed by atoms with E-state index in [-0.39, 0.29) is 11.9 Å². The Morgan fingerprint density at radius 3 is 2.68 bits per heavy atom. The zero-order valence-corrected chi connectivity index (χ0v) is 19.0. The summed E-state index contributed by atoms with van der Waals surface area (Å²) in [6.07, 6.45) is 2.43. The predicted octanol–water partition coefficient (Wildman–Crippen LogP) is 4.99. The summed E-state index contributed by atoms with van der Waals surface area (Å²) in [5, 5.41) is 7.24. The quantitative estimate of drug-likeness (QED) is 0.553. The van der Waals surface area contributed by atoms with Crippen LogP contribution in [0.2, 0.25) is 0 Å². The van der Waals surface area contributed by atoms with E-state index in [1.807, 2.05) is 33.7 Å². The molecule has 31 heavy (non-hydrogen) atoms. The van der Waals surface area contributed by atoms with E-state index in [0.29, 0.717) is 17.7 Å². The van der Waals surface area contributed by atoms with Crippen molar-refractivity contribution in [3.63, 3.8) is 0 Å². The number of ether oxygens (including phenoxy) is 1. The van der Waals surface area contributed by atoms with Crippen molar-refractivity contribution < 1.29 is 9.53 Å². The minimum Gasteiger partial charge on any atom is -0.497 e. The van der Waals surface area contributed by atoms with Crippen LogP contribution in [-0.4, -0.2) is 39.2 Å². The molecular weight excluding hydrogens is 408 g/mol. The summed E-state index contributed by atoms with van der Waals surface area (Å²) < 4.78 is 7.65. The zero-order valence-electron chi connectivity index (χ0n) is 18.2. The Morgan fingerprint density at radius 1 is 1.19 bits per heavy atom. The van der Waals surface area contributed by atoms with Crippen LogP contribution in [0.1, 0.15) is 42.0 Å². The van der Waals surface area contributed by atoms with E-state index in [1.54, 1.807) is 7.11 Å². The molecule has 0 radical (unpaired) electrons. The summed E-state index contributed by atoms with van der Waals surface area (Å²) in [7, 11) is 1.64. The van der Waals surface area contributed by atoms with Gasteiger partial charge in [0.05, 0.1) is 13.2 Å². The van der Waals surface area contributed by atoms with Crippen molar-refractivity contribution in [1.82, 2.24) is 19.7 Å². The van der Waals surface area contributed by atoms with Crippen LogP contribution in [0.5, 0.6) is 5.75 Å². The number of nitrogens with one attached hydrogen (secondary N) is 1. The molecular formula is C24H28N4O2S. The Morgan fingerprint density at radius 2 is 1.97 bits per heavy atom. The Balaban J connectivity index is 1.49. The number of methoxy groups -OCH3 is 1. The monoisotopic (exact) mass is 436 g/mol. The molecule has 6 nitrogen and oxygen atoms in total. The summed E-state index contributed by atoms with van der Waals surface area (Å²) in [5.41, 5.74) is 4.70. The maximum Gasteiger partial charge on any atom is 0.224 e. The lowest BCUT2D eigenvalue weighted by molar-refractivity contribution is -0.132. The van der Waals surface area contributed by atoms with E-state index in [2.05, 4.69) is 42.2 Å². The molecule has 1 unspecified atom stereocenters. The molecule has 1 aliphatic heterocycles. The van der Waals surface area contributed by atoms with E-state index in [0.717, 1.165) is 36.5 Å². The molecule has 0 spiro atoms. The molecule has 1 aliphatic rings. The normalized spacial score (nSPS) is 16.0. The number of aromatic amines is 1. The van der Waals surface area contributed by atoms with Gasteiger partial charge >= 0.3 is 0 Å². The first-order valence-corrected chi connectivity index (χ1v) is 11.0. The van der Waals surface area contributed by atoms with Crippen molar-refractivity contribution >= 4 is 18.1 Å². The van der Waals surface area contributed by atoms with E-state index in [4.69, 9.17) is 17.0 Å². The van der Waals surface area contributed by atoms with E-state index in [9.17, 15) is 4.79 Å². The van der Waals surface area contributed by atoms with Crippen LogP contribution in [-0.2, 0) is 11.3 Å². The van der Waals surface area contributed by atoms with Crippen LogP contribution in [0, 0.1) is 18.6 Å². The molecule has 1 amide bonds. The molecule has 2 aromatic carbocycles. The molecule has 0 aliphatic carbocycles. The summed E-state index contributed by atoms with van der Waals surface area (Å²) in [4.78, 5) is 15.2. The second-order valence-electron chi connectivity index (χ2n) is 8.07. The summed E-state index contributed by atoms with van der Waals surface area (Å²) in [6.45, 7) is 5.54. The zero-order chi connectivity index (χ0) is 22.0. The van der Waals surface area contributed by atoms with Gasteiger partial charge in [-0.15, -0.1) is 0 Å². The van der Waals surface area contributed by atoms with Crippen molar-refractivity contribution in [2.45, 2.75) is 45.7 Å². The highest BCUT2D eigenvalue weighted by Gasteiger charge is 2.30. The first-order chi connectivity index (χ1) is 15.0. The van der Waals surface area contributed by atoms with Crippen molar-refractivity contribution in [2.75, 3.05) is 13.7 Å². The van der Waals surface area contributed by atoms with Crippen molar-refractivity contribution in [2.24, 2.45) is 0 Å². The number of carbonyl (C=O) groups is 1. The minimum absolute atomic E-state index is 0.157. The lowest BCUT2D eigenvalue weighted by Crippen LogP contribution is -2.31. The van der Waals surface area contributed by atoms with Gasteiger partial charge in [-0.2, -0.15) is 5.10 Å². The summed E-state index contributed by atoms with van der Waals surface area (Å²) >= 11 is 5.43. The van der Waals surface area contributed by atoms with Crippen LogP contribution >= 0.6 is 12.2 Å². The van der Waals surface area contributed by atoms with Gasteiger partial charge in [0.15, 0.2) is 10.6 Å². The second-order valence-corrected chi connectivity index (χ2v) is 8.46. The molecule has 1 fully saturated rings. The van der Waals surface area contributed by atoms with Gasteiger partial charge in [0.1, 0.15) is 5.75 Å². The fourth-order valence-electron chi connectivity index (χ4n) is 4.22. The number of aryl methyl sites for hydroxylation is 2. The third-order valence-corrected chi connectivity index (χ3v) is 6.46. The number of nitrogens with zero attached hydrogens (tertiary/aromatic N) is 3. The Labute approximate surface area is 187 Å². The summed E-state index contributed by atoms with van der Waals surface area (Å²) in [5.74, 6) is 1.67. The van der Waals surface area contributed by atoms with Crippen molar-refractivity contribution in [3.05, 3.63) is 63.9 Å². The molecule has 0 bridgehead atoms. The van der Waals surface area contributed by atoms with Gasteiger partial charge in [-0.1, -0.05) is 18.2 Å². The van der Waals surface area contributed by atoms with Crippen LogP contribution in [0.25, 0.3) is 11.4 Å². The fraction of sp³-hybridized carbons (Fsp3) is 0.375. The van der Waals surface area contributed by atoms with Gasteiger partial charge in [-0.3, -0.25) is 14.5 Å². The number of hydrogen-bond acceptors (Lipinski definition) is 4. The third kappa shape index (κ3) is 4.42. The second kappa shape index (κ2) is 9.06. The molecule has 1 N–H and O–H groups in total. The molecule has 1 saturated heterocycles. The molecule has 7 heteroatoms. The third-order valence-electron chi connectivity index (χ3n) is 6.14. The Bertz CT molecular complexity index is 1130. The lowest BCUT2D eigenvalue weighted by Gasteiger charge is -2.26. The Hall–Kier alpha value is -2.93. The van der Waals surface area contributed by atoms with Gasteiger partial charge in [0.25, 0.3) is 0 Å². The van der Waals surface area contributed by atoms with Crippen LogP contribution < -0.4 is 4.74 Å². The molecule has 1 aromatic heterocycles. The van der Waals surface area contributed by atoms with E-state index < -0.39 is 0 Å². The SMILES string of the molecule is COc1ccc(-c2n[nH]c(=S)n2CCC(=O)N2CCCC2c2ccc(C)c(C)c2)cc1. The highest BCUT2D eigenvalue weighted by Crippen LogP contribution is 2.33. The van der Waals surface area contributed by atoms with Gasteiger partial charge in [0, 0.05) is 25.1 Å². The van der Waals surface area contributed by atoms with Crippen LogP contribution in [0.4, 0.5) is 0 Å².